The van der Waals surface area contributed by atoms with E-state index in [1.807, 2.05) is 5.32 Å². The van der Waals surface area contributed by atoms with Crippen molar-refractivity contribution in [3.05, 3.63) is 41.9 Å². The normalized spacial score (nSPS) is 22.8. The van der Waals surface area contributed by atoms with Crippen LogP contribution in [0.1, 0.15) is 54.7 Å². The van der Waals surface area contributed by atoms with Crippen LogP contribution in [0.2, 0.25) is 0 Å². The van der Waals surface area contributed by atoms with E-state index in [1.165, 1.54) is 42.4 Å². The highest BCUT2D eigenvalue weighted by Gasteiger charge is 2.48. The third-order valence-electron chi connectivity index (χ3n) is 7.57. The Labute approximate surface area is 238 Å². The number of methoxy groups -OCH3 is 1. The number of aliphatic hydroxyl groups is 1. The van der Waals surface area contributed by atoms with Crippen LogP contribution in [0, 0.1) is 5.92 Å². The Morgan fingerprint density at radius 2 is 2.07 bits per heavy atom. The number of halogens is 5. The van der Waals surface area contributed by atoms with Gasteiger partial charge in [-0.3, -0.25) is 9.48 Å². The minimum atomic E-state index is -4.64. The molecule has 2 aromatic rings. The van der Waals surface area contributed by atoms with Gasteiger partial charge in [0.05, 0.1) is 25.2 Å². The number of anilines is 1. The average molecular weight is 604 g/mol. The summed E-state index contributed by atoms with van der Waals surface area (Å²) in [6, 6.07) is -0.662. The lowest BCUT2D eigenvalue weighted by atomic mass is 9.81. The molecule has 1 saturated carbocycles. The smallest absolute Gasteiger partial charge is 0.382 e. The first-order chi connectivity index (χ1) is 19.8. The fourth-order valence-corrected chi connectivity index (χ4v) is 5.48. The molecule has 2 unspecified atom stereocenters. The van der Waals surface area contributed by atoms with E-state index in [0.717, 1.165) is 4.90 Å². The molecule has 3 amide bonds. The molecule has 1 aliphatic heterocycles. The lowest BCUT2D eigenvalue weighted by Crippen LogP contribution is -2.53. The molecule has 16 heteroatoms. The van der Waals surface area contributed by atoms with Crippen molar-refractivity contribution in [1.82, 2.24) is 30.3 Å². The molecule has 4 N–H and O–H groups in total. The van der Waals surface area contributed by atoms with E-state index in [-0.39, 0.29) is 31.0 Å². The van der Waals surface area contributed by atoms with Crippen LogP contribution in [0.25, 0.3) is 0 Å². The van der Waals surface area contributed by atoms with Gasteiger partial charge in [0.2, 0.25) is 5.92 Å². The van der Waals surface area contributed by atoms with Gasteiger partial charge in [-0.2, -0.15) is 18.3 Å². The van der Waals surface area contributed by atoms with Crippen molar-refractivity contribution in [2.45, 2.75) is 75.6 Å². The minimum absolute atomic E-state index is 0.0495. The Morgan fingerprint density at radius 1 is 1.31 bits per heavy atom. The van der Waals surface area contributed by atoms with Crippen LogP contribution in [0.15, 0.2) is 30.6 Å². The molecule has 3 heterocycles. The highest BCUT2D eigenvalue weighted by molar-refractivity contribution is 5.92. The van der Waals surface area contributed by atoms with Gasteiger partial charge in [-0.05, 0) is 49.4 Å². The van der Waals surface area contributed by atoms with Crippen LogP contribution >= 0.6 is 0 Å². The molecule has 5 atom stereocenters. The number of aryl methyl sites for hydroxylation is 1. The van der Waals surface area contributed by atoms with E-state index in [2.05, 4.69) is 20.7 Å². The topological polar surface area (TPSA) is 134 Å². The largest absolute Gasteiger partial charge is 0.410 e. The summed E-state index contributed by atoms with van der Waals surface area (Å²) in [5.41, 5.74) is 0.553. The SMILES string of the molecule is CCn1nccc1C(=O)N[C@H](C1CCCC(F)(F)C1)C(O)Nc1cc([C@@H](COC)N2C[C@@H](C(F)(F)F)NC2=O)ccn1. The van der Waals surface area contributed by atoms with Gasteiger partial charge in [-0.25, -0.2) is 18.6 Å². The maximum Gasteiger partial charge on any atom is 0.410 e. The number of amides is 3. The first-order valence-electron chi connectivity index (χ1n) is 13.6. The second kappa shape index (κ2) is 12.8. The Kier molecular flexibility index (Phi) is 9.55. The number of pyridine rings is 1. The molecule has 0 radical (unpaired) electrons. The Bertz CT molecular complexity index is 1240. The number of carbonyl (C=O) groups excluding carboxylic acids is 2. The van der Waals surface area contributed by atoms with E-state index in [1.54, 1.807) is 6.92 Å². The zero-order valence-electron chi connectivity index (χ0n) is 23.1. The first-order valence-corrected chi connectivity index (χ1v) is 13.6. The van der Waals surface area contributed by atoms with Crippen LogP contribution < -0.4 is 16.0 Å². The zero-order chi connectivity index (χ0) is 30.7. The highest BCUT2D eigenvalue weighted by atomic mass is 19.4. The van der Waals surface area contributed by atoms with Crippen molar-refractivity contribution >= 4 is 17.8 Å². The number of hydrogen-bond donors (Lipinski definition) is 4. The Morgan fingerprint density at radius 3 is 2.71 bits per heavy atom. The van der Waals surface area contributed by atoms with Crippen LogP contribution in [0.3, 0.4) is 0 Å². The third-order valence-corrected chi connectivity index (χ3v) is 7.57. The second-order valence-corrected chi connectivity index (χ2v) is 10.5. The number of aromatic nitrogens is 3. The van der Waals surface area contributed by atoms with E-state index in [4.69, 9.17) is 4.74 Å². The van der Waals surface area contributed by atoms with E-state index >= 15 is 0 Å². The number of alkyl halides is 5. The standard InChI is InChI=1S/C26H34F5N7O4/c1-3-38-17(7-10-33-38)22(39)36-21(16-5-4-8-25(27,28)12-16)23(40)35-20-11-15(6-9-32-20)18(14-42-2)37-13-19(26(29,30)31)34-24(37)41/h6-7,9-11,16,18-19,21,23,40H,3-5,8,12-14H2,1-2H3,(H,32,35)(H,34,41)(H,36,39)/t16?,18-,19+,21-,23?/m1/s1. The van der Waals surface area contributed by atoms with Crippen molar-refractivity contribution in [3.8, 4) is 0 Å². The fourth-order valence-electron chi connectivity index (χ4n) is 5.48. The lowest BCUT2D eigenvalue weighted by Gasteiger charge is -2.37. The maximum absolute atomic E-state index is 14.4. The van der Waals surface area contributed by atoms with E-state index in [0.29, 0.717) is 18.5 Å². The molecule has 1 aliphatic carbocycles. The van der Waals surface area contributed by atoms with E-state index < -0.39 is 67.3 Å². The summed E-state index contributed by atoms with van der Waals surface area (Å²) in [6.45, 7) is 1.40. The van der Waals surface area contributed by atoms with Crippen LogP contribution in [-0.2, 0) is 11.3 Å². The molecular formula is C26H34F5N7O4. The molecule has 2 fully saturated rings. The van der Waals surface area contributed by atoms with Crippen molar-refractivity contribution in [3.63, 3.8) is 0 Å². The molecule has 1 saturated heterocycles. The summed E-state index contributed by atoms with van der Waals surface area (Å²) in [4.78, 5) is 30.7. The molecular weight excluding hydrogens is 569 g/mol. The molecule has 11 nitrogen and oxygen atoms in total. The number of hydrogen-bond acceptors (Lipinski definition) is 7. The monoisotopic (exact) mass is 603 g/mol. The molecule has 2 aliphatic rings. The van der Waals surface area contributed by atoms with Crippen molar-refractivity contribution in [2.75, 3.05) is 25.6 Å². The van der Waals surface area contributed by atoms with Gasteiger partial charge >= 0.3 is 12.2 Å². The Balaban J connectivity index is 1.56. The number of ether oxygens (including phenoxy) is 1. The molecule has 232 valence electrons. The third kappa shape index (κ3) is 7.27. The van der Waals surface area contributed by atoms with E-state index in [9.17, 15) is 36.6 Å². The zero-order valence-corrected chi connectivity index (χ0v) is 23.1. The number of carbonyl (C=O) groups is 2. The molecule has 2 aromatic heterocycles. The van der Waals surface area contributed by atoms with Crippen molar-refractivity contribution in [1.29, 1.82) is 0 Å². The van der Waals surface area contributed by atoms with Gasteiger partial charge in [0, 0.05) is 38.9 Å². The van der Waals surface area contributed by atoms with Gasteiger partial charge < -0.3 is 30.7 Å². The summed E-state index contributed by atoms with van der Waals surface area (Å²) >= 11 is 0. The van der Waals surface area contributed by atoms with Gasteiger partial charge in [-0.1, -0.05) is 0 Å². The summed E-state index contributed by atoms with van der Waals surface area (Å²) in [7, 11) is 1.34. The van der Waals surface area contributed by atoms with Crippen LogP contribution in [0.5, 0.6) is 0 Å². The number of nitrogens with zero attached hydrogens (tertiary/aromatic N) is 4. The Hall–Kier alpha value is -3.53. The summed E-state index contributed by atoms with van der Waals surface area (Å²) in [5.74, 6) is -4.30. The number of rotatable bonds is 11. The number of aliphatic hydroxyl groups excluding tert-OH is 1. The van der Waals surface area contributed by atoms with Gasteiger partial charge in [0.25, 0.3) is 5.91 Å². The second-order valence-electron chi connectivity index (χ2n) is 10.5. The summed E-state index contributed by atoms with van der Waals surface area (Å²) in [5, 5.41) is 22.6. The van der Waals surface area contributed by atoms with Crippen LogP contribution in [0.4, 0.5) is 32.6 Å². The molecule has 42 heavy (non-hydrogen) atoms. The predicted octanol–water partition coefficient (Wildman–Crippen LogP) is 3.30. The van der Waals surface area contributed by atoms with Gasteiger partial charge in [0.15, 0.2) is 0 Å². The van der Waals surface area contributed by atoms with Crippen molar-refractivity contribution in [2.24, 2.45) is 5.92 Å². The summed E-state index contributed by atoms with van der Waals surface area (Å²) < 4.78 is 75.1. The molecule has 0 bridgehead atoms. The highest BCUT2D eigenvalue weighted by Crippen LogP contribution is 2.39. The van der Waals surface area contributed by atoms with Gasteiger partial charge in [-0.15, -0.1) is 0 Å². The predicted molar refractivity (Wildman–Crippen MR) is 140 cm³/mol. The lowest BCUT2D eigenvalue weighted by molar-refractivity contribution is -0.150. The molecule has 4 rings (SSSR count). The summed E-state index contributed by atoms with van der Waals surface area (Å²) in [6.07, 6.45) is -3.75. The molecule has 0 spiro atoms. The minimum Gasteiger partial charge on any atom is -0.382 e. The van der Waals surface area contributed by atoms with Crippen LogP contribution in [-0.4, -0.2) is 87.4 Å². The van der Waals surface area contributed by atoms with Gasteiger partial charge in [0.1, 0.15) is 23.8 Å². The first kappa shape index (κ1) is 31.4. The fraction of sp³-hybridized carbons (Fsp3) is 0.615. The quantitative estimate of drug-likeness (QED) is 0.229. The van der Waals surface area contributed by atoms with Crippen molar-refractivity contribution < 1.29 is 41.4 Å². The number of urea groups is 1. The molecule has 0 aromatic carbocycles. The average Bonchev–Trinajstić information content (AvgIpc) is 3.56. The number of nitrogens with one attached hydrogen (secondary N) is 3. The maximum atomic E-state index is 14.4.